The van der Waals surface area contributed by atoms with E-state index in [1.807, 2.05) is 6.20 Å². The summed E-state index contributed by atoms with van der Waals surface area (Å²) in [6, 6.07) is 4.70. The van der Waals surface area contributed by atoms with Gasteiger partial charge in [-0.3, -0.25) is 4.79 Å². The third kappa shape index (κ3) is 2.37. The lowest BCUT2D eigenvalue weighted by Crippen LogP contribution is -2.35. The molecule has 0 spiro atoms. The van der Waals surface area contributed by atoms with Gasteiger partial charge < -0.3 is 10.3 Å². The first kappa shape index (κ1) is 12.6. The van der Waals surface area contributed by atoms with Crippen molar-refractivity contribution in [3.05, 3.63) is 35.8 Å². The molecule has 3 nitrogen and oxygen atoms in total. The molecule has 2 N–H and O–H groups in total. The average Bonchev–Trinajstić information content (AvgIpc) is 2.70. The lowest BCUT2D eigenvalue weighted by molar-refractivity contribution is -0.119. The van der Waals surface area contributed by atoms with Crippen LogP contribution in [0.1, 0.15) is 26.3 Å². The highest BCUT2D eigenvalue weighted by Crippen LogP contribution is 2.30. The van der Waals surface area contributed by atoms with E-state index in [2.05, 4.69) is 24.1 Å². The molecule has 0 saturated carbocycles. The second-order valence-electron chi connectivity index (χ2n) is 5.19. The van der Waals surface area contributed by atoms with Crippen molar-refractivity contribution in [3.63, 3.8) is 0 Å². The number of carbonyl (C=O) groups excluding carboxylic acids is 1. The van der Waals surface area contributed by atoms with E-state index in [9.17, 15) is 9.18 Å². The monoisotopic (exact) mass is 248 g/mol. The van der Waals surface area contributed by atoms with E-state index >= 15 is 0 Å². The van der Waals surface area contributed by atoms with Crippen LogP contribution in [-0.4, -0.2) is 17.4 Å². The molecular weight excluding hydrogens is 231 g/mol. The largest absolute Gasteiger partial charge is 0.361 e. The smallest absolute Gasteiger partial charge is 0.216 e. The molecule has 0 bridgehead atoms. The molecular formula is C14H17FN2O. The molecule has 4 heteroatoms. The molecule has 0 aliphatic rings. The fraction of sp³-hybridized carbons (Fsp3) is 0.357. The number of amides is 1. The second-order valence-corrected chi connectivity index (χ2v) is 5.19. The SMILES string of the molecule is CC(=O)NCC(C)(C)c1c[nH]c2cc(F)ccc12. The van der Waals surface area contributed by atoms with Crippen LogP contribution in [0.5, 0.6) is 0 Å². The molecule has 0 aliphatic carbocycles. The van der Waals surface area contributed by atoms with E-state index in [0.717, 1.165) is 16.5 Å². The Kier molecular flexibility index (Phi) is 3.11. The maximum atomic E-state index is 13.1. The van der Waals surface area contributed by atoms with Crippen LogP contribution < -0.4 is 5.32 Å². The predicted octanol–water partition coefficient (Wildman–Crippen LogP) is 2.72. The summed E-state index contributed by atoms with van der Waals surface area (Å²) in [6.07, 6.45) is 1.88. The molecule has 1 aromatic carbocycles. The van der Waals surface area contributed by atoms with Crippen LogP contribution in [-0.2, 0) is 10.2 Å². The molecule has 1 aromatic heterocycles. The normalized spacial score (nSPS) is 11.8. The van der Waals surface area contributed by atoms with Crippen LogP contribution in [0.25, 0.3) is 10.9 Å². The van der Waals surface area contributed by atoms with Gasteiger partial charge in [0.15, 0.2) is 0 Å². The van der Waals surface area contributed by atoms with E-state index in [1.54, 1.807) is 6.07 Å². The lowest BCUT2D eigenvalue weighted by Gasteiger charge is -2.24. The van der Waals surface area contributed by atoms with Crippen LogP contribution in [0.4, 0.5) is 4.39 Å². The molecule has 0 unspecified atom stereocenters. The first-order chi connectivity index (χ1) is 8.40. The van der Waals surface area contributed by atoms with Crippen molar-refractivity contribution in [1.82, 2.24) is 10.3 Å². The Bertz CT molecular complexity index is 586. The first-order valence-electron chi connectivity index (χ1n) is 5.92. The van der Waals surface area contributed by atoms with Crippen molar-refractivity contribution < 1.29 is 9.18 Å². The molecule has 0 saturated heterocycles. The second kappa shape index (κ2) is 4.44. The zero-order chi connectivity index (χ0) is 13.3. The highest BCUT2D eigenvalue weighted by Gasteiger charge is 2.24. The number of aromatic amines is 1. The number of carbonyl (C=O) groups is 1. The molecule has 1 amide bonds. The van der Waals surface area contributed by atoms with Crippen LogP contribution in [0.15, 0.2) is 24.4 Å². The molecule has 2 aromatic rings. The maximum Gasteiger partial charge on any atom is 0.216 e. The number of benzene rings is 1. The van der Waals surface area contributed by atoms with E-state index in [4.69, 9.17) is 0 Å². The fourth-order valence-electron chi connectivity index (χ4n) is 2.10. The molecule has 0 atom stereocenters. The van der Waals surface area contributed by atoms with Crippen LogP contribution in [0.3, 0.4) is 0 Å². The van der Waals surface area contributed by atoms with Gasteiger partial charge in [0.1, 0.15) is 5.82 Å². The minimum absolute atomic E-state index is 0.0473. The Hall–Kier alpha value is -1.84. The fourth-order valence-corrected chi connectivity index (χ4v) is 2.10. The first-order valence-corrected chi connectivity index (χ1v) is 5.92. The van der Waals surface area contributed by atoms with Crippen LogP contribution in [0, 0.1) is 5.82 Å². The van der Waals surface area contributed by atoms with Crippen molar-refractivity contribution in [3.8, 4) is 0 Å². The lowest BCUT2D eigenvalue weighted by atomic mass is 9.84. The van der Waals surface area contributed by atoms with Gasteiger partial charge in [0, 0.05) is 36.0 Å². The Morgan fingerprint density at radius 2 is 2.17 bits per heavy atom. The minimum Gasteiger partial charge on any atom is -0.361 e. The summed E-state index contributed by atoms with van der Waals surface area (Å²) in [5.41, 5.74) is 1.65. The van der Waals surface area contributed by atoms with E-state index in [-0.39, 0.29) is 17.1 Å². The van der Waals surface area contributed by atoms with Gasteiger partial charge in [-0.2, -0.15) is 0 Å². The molecule has 0 radical (unpaired) electrons. The van der Waals surface area contributed by atoms with E-state index in [0.29, 0.717) is 6.54 Å². The van der Waals surface area contributed by atoms with E-state index in [1.165, 1.54) is 19.1 Å². The number of hydrogen-bond donors (Lipinski definition) is 2. The molecule has 1 heterocycles. The quantitative estimate of drug-likeness (QED) is 0.862. The van der Waals surface area contributed by atoms with Crippen LogP contribution in [0.2, 0.25) is 0 Å². The summed E-state index contributed by atoms with van der Waals surface area (Å²) in [5.74, 6) is -0.301. The van der Waals surface area contributed by atoms with Crippen molar-refractivity contribution >= 4 is 16.8 Å². The number of rotatable bonds is 3. The standard InChI is InChI=1S/C14H17FN2O/c1-9(18)17-8-14(2,3)12-7-16-13-6-10(15)4-5-11(12)13/h4-7,16H,8H2,1-3H3,(H,17,18). The number of nitrogens with one attached hydrogen (secondary N) is 2. The third-order valence-electron chi connectivity index (χ3n) is 3.15. The van der Waals surface area contributed by atoms with Crippen molar-refractivity contribution in [2.45, 2.75) is 26.2 Å². The van der Waals surface area contributed by atoms with Gasteiger partial charge >= 0.3 is 0 Å². The topological polar surface area (TPSA) is 44.9 Å². The number of H-pyrrole nitrogens is 1. The molecule has 2 rings (SSSR count). The van der Waals surface area contributed by atoms with Gasteiger partial charge in [-0.25, -0.2) is 4.39 Å². The summed E-state index contributed by atoms with van der Waals surface area (Å²) >= 11 is 0. The summed E-state index contributed by atoms with van der Waals surface area (Å²) in [4.78, 5) is 14.1. The summed E-state index contributed by atoms with van der Waals surface area (Å²) < 4.78 is 13.1. The van der Waals surface area contributed by atoms with Gasteiger partial charge in [0.2, 0.25) is 5.91 Å². The Morgan fingerprint density at radius 3 is 2.83 bits per heavy atom. The summed E-state index contributed by atoms with van der Waals surface area (Å²) in [7, 11) is 0. The number of halogens is 1. The van der Waals surface area contributed by atoms with Crippen molar-refractivity contribution in [2.75, 3.05) is 6.54 Å². The van der Waals surface area contributed by atoms with Gasteiger partial charge in [0.25, 0.3) is 0 Å². The van der Waals surface area contributed by atoms with Crippen LogP contribution >= 0.6 is 0 Å². The minimum atomic E-state index is -0.254. The molecule has 18 heavy (non-hydrogen) atoms. The maximum absolute atomic E-state index is 13.1. The molecule has 0 fully saturated rings. The number of hydrogen-bond acceptors (Lipinski definition) is 1. The van der Waals surface area contributed by atoms with Crippen molar-refractivity contribution in [1.29, 1.82) is 0 Å². The molecule has 0 aliphatic heterocycles. The summed E-state index contributed by atoms with van der Waals surface area (Å²) in [5, 5.41) is 3.82. The zero-order valence-electron chi connectivity index (χ0n) is 10.8. The van der Waals surface area contributed by atoms with Gasteiger partial charge in [0.05, 0.1) is 0 Å². The Labute approximate surface area is 105 Å². The van der Waals surface area contributed by atoms with Crippen molar-refractivity contribution in [2.24, 2.45) is 0 Å². The highest BCUT2D eigenvalue weighted by atomic mass is 19.1. The molecule has 96 valence electrons. The number of fused-ring (bicyclic) bond motifs is 1. The predicted molar refractivity (Wildman–Crippen MR) is 70.0 cm³/mol. The highest BCUT2D eigenvalue weighted by molar-refractivity contribution is 5.84. The average molecular weight is 248 g/mol. The van der Waals surface area contributed by atoms with E-state index < -0.39 is 0 Å². The summed E-state index contributed by atoms with van der Waals surface area (Å²) in [6.45, 7) is 6.15. The zero-order valence-corrected chi connectivity index (χ0v) is 10.8. The third-order valence-corrected chi connectivity index (χ3v) is 3.15. The Morgan fingerprint density at radius 1 is 1.44 bits per heavy atom. The van der Waals surface area contributed by atoms with Gasteiger partial charge in [-0.15, -0.1) is 0 Å². The van der Waals surface area contributed by atoms with Gasteiger partial charge in [-0.1, -0.05) is 13.8 Å². The number of aromatic nitrogens is 1. The Balaban J connectivity index is 2.38. The van der Waals surface area contributed by atoms with Gasteiger partial charge in [-0.05, 0) is 23.8 Å².